The van der Waals surface area contributed by atoms with Gasteiger partial charge in [0.15, 0.2) is 5.60 Å². The molecule has 0 radical (unpaired) electrons. The second-order valence-electron chi connectivity index (χ2n) is 9.47. The molecule has 6 aliphatic rings. The third kappa shape index (κ3) is 1.37. The predicted molar refractivity (Wildman–Crippen MR) is 103 cm³/mol. The van der Waals surface area contributed by atoms with Crippen molar-refractivity contribution in [2.24, 2.45) is 23.7 Å². The zero-order valence-corrected chi connectivity index (χ0v) is 15.3. The number of fused-ring (bicyclic) bond motifs is 4. The highest BCUT2D eigenvalue weighted by Gasteiger charge is 2.81. The number of ether oxygens (including phenoxy) is 1. The van der Waals surface area contributed by atoms with Crippen LogP contribution in [0.3, 0.4) is 0 Å². The van der Waals surface area contributed by atoms with Gasteiger partial charge in [-0.15, -0.1) is 0 Å². The molecule has 4 saturated carbocycles. The van der Waals surface area contributed by atoms with Crippen LogP contribution >= 0.6 is 0 Å². The average molecular weight is 343 g/mol. The van der Waals surface area contributed by atoms with Gasteiger partial charge in [-0.2, -0.15) is 0 Å². The number of hydrogen-bond donors (Lipinski definition) is 0. The summed E-state index contributed by atoms with van der Waals surface area (Å²) < 4.78 is 7.08. The zero-order valence-electron chi connectivity index (χ0n) is 15.3. The van der Waals surface area contributed by atoms with Crippen LogP contribution in [0.1, 0.15) is 43.2 Å². The van der Waals surface area contributed by atoms with E-state index in [4.69, 9.17) is 4.74 Å². The third-order valence-electron chi connectivity index (χ3n) is 8.47. The first kappa shape index (κ1) is 14.3. The fourth-order valence-corrected chi connectivity index (χ4v) is 7.79. The molecular formula is C24H25NO. The number of epoxide rings is 1. The molecule has 2 heterocycles. The number of hydrogen-bond acceptors (Lipinski definition) is 2. The van der Waals surface area contributed by atoms with Crippen LogP contribution in [0.5, 0.6) is 0 Å². The second kappa shape index (κ2) is 4.36. The van der Waals surface area contributed by atoms with E-state index in [1.807, 2.05) is 0 Å². The number of anilines is 2. The Bertz CT molecular complexity index is 856. The quantitative estimate of drug-likeness (QED) is 0.608. The van der Waals surface area contributed by atoms with Gasteiger partial charge in [0.2, 0.25) is 0 Å². The van der Waals surface area contributed by atoms with E-state index < -0.39 is 0 Å². The summed E-state index contributed by atoms with van der Waals surface area (Å²) in [6, 6.07) is 18.0. The Labute approximate surface area is 155 Å². The molecule has 4 bridgehead atoms. The van der Waals surface area contributed by atoms with E-state index in [9.17, 15) is 0 Å². The minimum Gasteiger partial charge on any atom is -0.351 e. The van der Waals surface area contributed by atoms with Crippen molar-refractivity contribution < 1.29 is 4.74 Å². The van der Waals surface area contributed by atoms with E-state index in [1.165, 1.54) is 54.6 Å². The summed E-state index contributed by atoms with van der Waals surface area (Å²) in [6.07, 6.45) is 7.08. The van der Waals surface area contributed by atoms with Crippen molar-refractivity contribution in [1.82, 2.24) is 0 Å². The van der Waals surface area contributed by atoms with Crippen molar-refractivity contribution in [3.63, 3.8) is 0 Å². The summed E-state index contributed by atoms with van der Waals surface area (Å²) in [7, 11) is 2.20. The van der Waals surface area contributed by atoms with E-state index in [2.05, 4.69) is 60.5 Å². The van der Waals surface area contributed by atoms with E-state index in [-0.39, 0.29) is 11.2 Å². The van der Waals surface area contributed by atoms with E-state index in [1.54, 1.807) is 0 Å². The largest absolute Gasteiger partial charge is 0.351 e. The lowest BCUT2D eigenvalue weighted by atomic mass is 9.48. The summed E-state index contributed by atoms with van der Waals surface area (Å²) in [5.74, 6) is 3.45. The van der Waals surface area contributed by atoms with Crippen molar-refractivity contribution in [2.75, 3.05) is 11.9 Å². The standard InChI is InChI=1S/C24H25NO/c1-25-21-8-4-2-6-19(21)24(20-7-3-5-9-22(20)25)23(26-24)17-11-15-10-16(13-17)14-18(23)12-15/h2-9,15-18H,10-14H2,1H3. The summed E-state index contributed by atoms with van der Waals surface area (Å²) in [4.78, 5) is 2.36. The number of nitrogens with zero attached hydrogens (tertiary/aromatic N) is 1. The minimum absolute atomic E-state index is 0.0634. The fraction of sp³-hybridized carbons (Fsp3) is 0.500. The summed E-state index contributed by atoms with van der Waals surface area (Å²) in [6.45, 7) is 0. The van der Waals surface area contributed by atoms with Crippen LogP contribution in [0.4, 0.5) is 11.4 Å². The van der Waals surface area contributed by atoms with Gasteiger partial charge in [-0.05, 0) is 67.9 Å². The van der Waals surface area contributed by atoms with Crippen LogP contribution in [0.2, 0.25) is 0 Å². The molecule has 2 nitrogen and oxygen atoms in total. The van der Waals surface area contributed by atoms with E-state index in [0.717, 1.165) is 23.7 Å². The first-order chi connectivity index (χ1) is 12.7. The normalized spacial score (nSPS) is 40.0. The molecule has 0 N–H and O–H groups in total. The van der Waals surface area contributed by atoms with Crippen molar-refractivity contribution in [3.8, 4) is 0 Å². The lowest BCUT2D eigenvalue weighted by Crippen LogP contribution is -2.54. The first-order valence-electron chi connectivity index (χ1n) is 10.4. The van der Waals surface area contributed by atoms with Gasteiger partial charge in [-0.25, -0.2) is 0 Å². The molecule has 4 aliphatic carbocycles. The topological polar surface area (TPSA) is 15.8 Å². The highest BCUT2D eigenvalue weighted by atomic mass is 16.6. The molecule has 26 heavy (non-hydrogen) atoms. The van der Waals surface area contributed by atoms with Gasteiger partial charge < -0.3 is 9.64 Å². The average Bonchev–Trinajstić information content (AvgIpc) is 3.36. The van der Waals surface area contributed by atoms with Gasteiger partial charge in [0.05, 0.1) is 0 Å². The zero-order chi connectivity index (χ0) is 17.1. The number of rotatable bonds is 0. The Kier molecular flexibility index (Phi) is 2.40. The molecule has 0 amide bonds. The molecular weight excluding hydrogens is 318 g/mol. The Morgan fingerprint density at radius 1 is 0.769 bits per heavy atom. The number of benzene rings is 2. The van der Waals surface area contributed by atoms with Crippen molar-refractivity contribution in [1.29, 1.82) is 0 Å². The molecule has 2 spiro atoms. The number of para-hydroxylation sites is 2. The second-order valence-corrected chi connectivity index (χ2v) is 9.47. The molecule has 0 atom stereocenters. The summed E-state index contributed by atoms with van der Waals surface area (Å²) in [5.41, 5.74) is 5.35. The van der Waals surface area contributed by atoms with Gasteiger partial charge >= 0.3 is 0 Å². The van der Waals surface area contributed by atoms with Gasteiger partial charge in [-0.3, -0.25) is 0 Å². The van der Waals surface area contributed by atoms with Gasteiger partial charge in [-0.1, -0.05) is 36.4 Å². The molecule has 2 aromatic carbocycles. The van der Waals surface area contributed by atoms with Gasteiger partial charge in [0.1, 0.15) is 5.60 Å². The molecule has 132 valence electrons. The maximum Gasteiger partial charge on any atom is 0.152 e. The van der Waals surface area contributed by atoms with Crippen LogP contribution in [0.15, 0.2) is 48.5 Å². The van der Waals surface area contributed by atoms with Crippen LogP contribution in [-0.2, 0) is 10.3 Å². The summed E-state index contributed by atoms with van der Waals surface area (Å²) in [5, 5.41) is 0. The lowest BCUT2D eigenvalue weighted by molar-refractivity contribution is -0.0563. The third-order valence-corrected chi connectivity index (χ3v) is 8.47. The Balaban J connectivity index is 1.50. The van der Waals surface area contributed by atoms with Crippen LogP contribution in [0, 0.1) is 23.7 Å². The molecule has 8 rings (SSSR count). The molecule has 0 unspecified atom stereocenters. The Morgan fingerprint density at radius 3 is 1.81 bits per heavy atom. The highest BCUT2D eigenvalue weighted by Crippen LogP contribution is 2.78. The fourth-order valence-electron chi connectivity index (χ4n) is 7.79. The van der Waals surface area contributed by atoms with Crippen LogP contribution in [-0.4, -0.2) is 12.6 Å². The molecule has 2 aliphatic heterocycles. The van der Waals surface area contributed by atoms with Gasteiger partial charge in [0, 0.05) is 29.5 Å². The summed E-state index contributed by atoms with van der Waals surface area (Å²) >= 11 is 0. The molecule has 5 fully saturated rings. The lowest BCUT2D eigenvalue weighted by Gasteiger charge is -2.55. The first-order valence-corrected chi connectivity index (χ1v) is 10.4. The predicted octanol–water partition coefficient (Wildman–Crippen LogP) is 5.24. The van der Waals surface area contributed by atoms with Crippen molar-refractivity contribution in [2.45, 2.75) is 43.3 Å². The van der Waals surface area contributed by atoms with Crippen molar-refractivity contribution >= 4 is 11.4 Å². The van der Waals surface area contributed by atoms with Crippen LogP contribution < -0.4 is 4.90 Å². The Morgan fingerprint density at radius 2 is 1.27 bits per heavy atom. The SMILES string of the molecule is CN1c2ccccc2C2(OC23C2CC4CC(C2)CC3C4)c2ccccc21. The molecule has 2 heteroatoms. The Hall–Kier alpha value is -1.80. The van der Waals surface area contributed by atoms with E-state index in [0.29, 0.717) is 0 Å². The maximum atomic E-state index is 7.08. The smallest absolute Gasteiger partial charge is 0.152 e. The molecule has 1 saturated heterocycles. The van der Waals surface area contributed by atoms with Gasteiger partial charge in [0.25, 0.3) is 0 Å². The van der Waals surface area contributed by atoms with Crippen LogP contribution in [0.25, 0.3) is 0 Å². The monoisotopic (exact) mass is 343 g/mol. The maximum absolute atomic E-state index is 7.08. The molecule has 2 aromatic rings. The highest BCUT2D eigenvalue weighted by molar-refractivity contribution is 5.79. The van der Waals surface area contributed by atoms with E-state index >= 15 is 0 Å². The van der Waals surface area contributed by atoms with Crippen molar-refractivity contribution in [3.05, 3.63) is 59.7 Å². The molecule has 0 aromatic heterocycles. The minimum atomic E-state index is -0.199.